The molecule has 1 heterocycles. The number of H-pyrrole nitrogens is 1. The van der Waals surface area contributed by atoms with Gasteiger partial charge in [-0.05, 0) is 38.0 Å². The molecule has 1 aromatic carbocycles. The van der Waals surface area contributed by atoms with Gasteiger partial charge in [-0.3, -0.25) is 9.59 Å². The molecule has 2 rings (SSSR count). The number of anilines is 1. The van der Waals surface area contributed by atoms with Crippen LogP contribution >= 0.6 is 23.4 Å². The molecule has 25 heavy (non-hydrogen) atoms. The minimum Gasteiger partial charge on any atom is -0.325 e. The second kappa shape index (κ2) is 8.19. The highest BCUT2D eigenvalue weighted by Crippen LogP contribution is 2.23. The molecule has 6 nitrogen and oxygen atoms in total. The lowest BCUT2D eigenvalue weighted by Crippen LogP contribution is -2.24. The molecular weight excluding hydrogens is 360 g/mol. The molecule has 1 unspecified atom stereocenters. The summed E-state index contributed by atoms with van der Waals surface area (Å²) in [5.41, 5.74) is 1.47. The Balaban J connectivity index is 2.13. The first-order chi connectivity index (χ1) is 11.8. The predicted octanol–water partition coefficient (Wildman–Crippen LogP) is 3.29. The van der Waals surface area contributed by atoms with E-state index in [1.165, 1.54) is 0 Å². The summed E-state index contributed by atoms with van der Waals surface area (Å²) in [6.45, 7) is 5.40. The summed E-state index contributed by atoms with van der Waals surface area (Å²) in [6, 6.07) is 7.13. The van der Waals surface area contributed by atoms with Crippen molar-refractivity contribution in [1.82, 2.24) is 9.97 Å². The Kier molecular flexibility index (Phi) is 6.23. The van der Waals surface area contributed by atoms with Gasteiger partial charge in [-0.1, -0.05) is 36.4 Å². The van der Waals surface area contributed by atoms with Gasteiger partial charge in [-0.15, -0.1) is 0 Å². The third-order valence-corrected chi connectivity index (χ3v) is 4.91. The molecule has 8 heteroatoms. The fourth-order valence-corrected chi connectivity index (χ4v) is 3.06. The van der Waals surface area contributed by atoms with Crippen LogP contribution in [0.25, 0.3) is 0 Å². The Morgan fingerprint density at radius 3 is 2.84 bits per heavy atom. The van der Waals surface area contributed by atoms with Gasteiger partial charge in [0.05, 0.1) is 10.9 Å². The number of aromatic nitrogens is 2. The van der Waals surface area contributed by atoms with Crippen molar-refractivity contribution in [1.29, 1.82) is 5.26 Å². The van der Waals surface area contributed by atoms with Gasteiger partial charge in [0.1, 0.15) is 11.6 Å². The van der Waals surface area contributed by atoms with Gasteiger partial charge in [0, 0.05) is 10.7 Å². The summed E-state index contributed by atoms with van der Waals surface area (Å²) in [7, 11) is 0. The molecule has 0 aliphatic rings. The van der Waals surface area contributed by atoms with E-state index < -0.39 is 10.8 Å². The topological polar surface area (TPSA) is 98.6 Å². The highest BCUT2D eigenvalue weighted by molar-refractivity contribution is 8.00. The maximum absolute atomic E-state index is 12.3. The van der Waals surface area contributed by atoms with Crippen molar-refractivity contribution in [3.63, 3.8) is 0 Å². The van der Waals surface area contributed by atoms with Crippen molar-refractivity contribution in [2.24, 2.45) is 0 Å². The van der Waals surface area contributed by atoms with E-state index in [1.54, 1.807) is 19.1 Å². The summed E-state index contributed by atoms with van der Waals surface area (Å²) in [6.07, 6.45) is 0.461. The van der Waals surface area contributed by atoms with E-state index in [-0.39, 0.29) is 11.5 Å². The minimum absolute atomic E-state index is 0.0123. The SMILES string of the molecule is CCc1nc(SC(C)C(=O)Nc2ccc(C)c(Cl)c2)[nH]c(=O)c1C#N. The van der Waals surface area contributed by atoms with Crippen LogP contribution in [0.15, 0.2) is 28.2 Å². The van der Waals surface area contributed by atoms with Crippen molar-refractivity contribution in [3.8, 4) is 6.07 Å². The molecule has 0 bridgehead atoms. The second-order valence-electron chi connectivity index (χ2n) is 5.37. The van der Waals surface area contributed by atoms with E-state index in [0.717, 1.165) is 17.3 Å². The fraction of sp³-hybridized carbons (Fsp3) is 0.294. The number of nitrogens with one attached hydrogen (secondary N) is 2. The number of nitriles is 1. The largest absolute Gasteiger partial charge is 0.325 e. The lowest BCUT2D eigenvalue weighted by atomic mass is 10.2. The first-order valence-electron chi connectivity index (χ1n) is 7.62. The molecule has 1 atom stereocenters. The maximum atomic E-state index is 12.3. The van der Waals surface area contributed by atoms with Crippen LogP contribution in [0, 0.1) is 18.3 Å². The van der Waals surface area contributed by atoms with Crippen molar-refractivity contribution in [3.05, 3.63) is 50.4 Å². The van der Waals surface area contributed by atoms with Crippen LogP contribution in [0.2, 0.25) is 5.02 Å². The molecule has 0 radical (unpaired) electrons. The van der Waals surface area contributed by atoms with Crippen LogP contribution in [0.3, 0.4) is 0 Å². The summed E-state index contributed by atoms with van der Waals surface area (Å²) >= 11 is 7.17. The third kappa shape index (κ3) is 4.62. The Morgan fingerprint density at radius 1 is 1.52 bits per heavy atom. The zero-order valence-electron chi connectivity index (χ0n) is 14.0. The van der Waals surface area contributed by atoms with Crippen LogP contribution in [-0.2, 0) is 11.2 Å². The van der Waals surface area contributed by atoms with Gasteiger partial charge in [-0.25, -0.2) is 4.98 Å². The molecular formula is C17H17ClN4O2S. The number of aryl methyl sites for hydroxylation is 2. The number of halogens is 1. The van der Waals surface area contributed by atoms with E-state index >= 15 is 0 Å². The molecule has 0 spiro atoms. The number of carbonyl (C=O) groups excluding carboxylic acids is 1. The zero-order valence-corrected chi connectivity index (χ0v) is 15.6. The lowest BCUT2D eigenvalue weighted by Gasteiger charge is -2.12. The van der Waals surface area contributed by atoms with Gasteiger partial charge >= 0.3 is 0 Å². The number of thioether (sulfide) groups is 1. The summed E-state index contributed by atoms with van der Waals surface area (Å²) in [4.78, 5) is 31.0. The second-order valence-corrected chi connectivity index (χ2v) is 7.11. The Bertz CT molecular complexity index is 904. The lowest BCUT2D eigenvalue weighted by molar-refractivity contribution is -0.115. The van der Waals surface area contributed by atoms with Crippen molar-refractivity contribution in [2.75, 3.05) is 5.32 Å². The summed E-state index contributed by atoms with van der Waals surface area (Å²) < 4.78 is 0. The highest BCUT2D eigenvalue weighted by Gasteiger charge is 2.18. The quantitative estimate of drug-likeness (QED) is 0.616. The van der Waals surface area contributed by atoms with Gasteiger partial charge in [0.2, 0.25) is 5.91 Å². The van der Waals surface area contributed by atoms with Crippen molar-refractivity contribution < 1.29 is 4.79 Å². The van der Waals surface area contributed by atoms with Crippen LogP contribution in [0.5, 0.6) is 0 Å². The number of hydrogen-bond donors (Lipinski definition) is 2. The van der Waals surface area contributed by atoms with E-state index in [0.29, 0.717) is 28.0 Å². The number of rotatable bonds is 5. The molecule has 2 N–H and O–H groups in total. The number of aromatic amines is 1. The van der Waals surface area contributed by atoms with Crippen LogP contribution in [-0.4, -0.2) is 21.1 Å². The number of hydrogen-bond acceptors (Lipinski definition) is 5. The van der Waals surface area contributed by atoms with Crippen molar-refractivity contribution in [2.45, 2.75) is 37.6 Å². The number of benzene rings is 1. The molecule has 2 aromatic rings. The van der Waals surface area contributed by atoms with Crippen LogP contribution in [0.1, 0.15) is 30.7 Å². The zero-order chi connectivity index (χ0) is 18.6. The highest BCUT2D eigenvalue weighted by atomic mass is 35.5. The molecule has 0 aliphatic carbocycles. The number of nitrogens with zero attached hydrogens (tertiary/aromatic N) is 2. The molecule has 0 aliphatic heterocycles. The first-order valence-corrected chi connectivity index (χ1v) is 8.88. The molecule has 0 saturated heterocycles. The minimum atomic E-state index is -0.499. The Morgan fingerprint density at radius 2 is 2.24 bits per heavy atom. The predicted molar refractivity (Wildman–Crippen MR) is 99.1 cm³/mol. The smallest absolute Gasteiger partial charge is 0.269 e. The monoisotopic (exact) mass is 376 g/mol. The van der Waals surface area contributed by atoms with Crippen LogP contribution < -0.4 is 10.9 Å². The molecule has 0 saturated carbocycles. The standard InChI is InChI=1S/C17H17ClN4O2S/c1-4-14-12(8-19)16(24)22-17(21-14)25-10(3)15(23)20-11-6-5-9(2)13(18)7-11/h5-7,10H,4H2,1-3H3,(H,20,23)(H,21,22,24). The van der Waals surface area contributed by atoms with Gasteiger partial charge in [0.25, 0.3) is 5.56 Å². The van der Waals surface area contributed by atoms with Gasteiger partial charge < -0.3 is 10.3 Å². The van der Waals surface area contributed by atoms with Crippen molar-refractivity contribution >= 4 is 35.0 Å². The third-order valence-electron chi connectivity index (χ3n) is 3.52. The Labute approximate surface area is 154 Å². The first kappa shape index (κ1) is 19.0. The number of amides is 1. The summed E-state index contributed by atoms with van der Waals surface area (Å²) in [5, 5.41) is 12.2. The maximum Gasteiger partial charge on any atom is 0.269 e. The van der Waals surface area contributed by atoms with Gasteiger partial charge in [0.15, 0.2) is 5.16 Å². The average Bonchev–Trinajstić information content (AvgIpc) is 2.57. The molecule has 1 aromatic heterocycles. The van der Waals surface area contributed by atoms with E-state index in [2.05, 4.69) is 15.3 Å². The fourth-order valence-electron chi connectivity index (χ4n) is 2.06. The molecule has 130 valence electrons. The molecule has 0 fully saturated rings. The average molecular weight is 377 g/mol. The van der Waals surface area contributed by atoms with Gasteiger partial charge in [-0.2, -0.15) is 5.26 Å². The Hall–Kier alpha value is -2.30. The molecule has 1 amide bonds. The summed E-state index contributed by atoms with van der Waals surface area (Å²) in [5.74, 6) is -0.241. The van der Waals surface area contributed by atoms with Crippen LogP contribution in [0.4, 0.5) is 5.69 Å². The van der Waals surface area contributed by atoms with E-state index in [4.69, 9.17) is 16.9 Å². The number of carbonyl (C=O) groups is 1. The van der Waals surface area contributed by atoms with E-state index in [9.17, 15) is 9.59 Å². The van der Waals surface area contributed by atoms with E-state index in [1.807, 2.05) is 26.0 Å². The normalized spacial score (nSPS) is 11.6.